The number of hydrogen-bond donors (Lipinski definition) is 3. The van der Waals surface area contributed by atoms with Crippen LogP contribution in [0.2, 0.25) is 0 Å². The third-order valence-corrected chi connectivity index (χ3v) is 3.24. The molecule has 0 aromatic rings. The average Bonchev–Trinajstić information content (AvgIpc) is 2.25. The lowest BCUT2D eigenvalue weighted by molar-refractivity contribution is 0.0939. The predicted octanol–water partition coefficient (Wildman–Crippen LogP) is -1.02. The fourth-order valence-electron chi connectivity index (χ4n) is 1.40. The summed E-state index contributed by atoms with van der Waals surface area (Å²) in [6.07, 6.45) is -0.619. The molecule has 1 aliphatic rings. The van der Waals surface area contributed by atoms with Crippen molar-refractivity contribution in [1.29, 1.82) is 0 Å². The zero-order valence-electron chi connectivity index (χ0n) is 8.48. The molecule has 0 aromatic carbocycles. The van der Waals surface area contributed by atoms with Crippen LogP contribution in [0.3, 0.4) is 0 Å². The van der Waals surface area contributed by atoms with Gasteiger partial charge in [-0.2, -0.15) is 11.8 Å². The van der Waals surface area contributed by atoms with Crippen molar-refractivity contribution in [2.45, 2.75) is 6.10 Å². The number of rotatable bonds is 6. The molecule has 4 nitrogen and oxygen atoms in total. The van der Waals surface area contributed by atoms with Crippen LogP contribution in [-0.4, -0.2) is 72.1 Å². The maximum absolute atomic E-state index is 9.07. The molecule has 0 radical (unpaired) electrons. The molecule has 3 N–H and O–H groups in total. The summed E-state index contributed by atoms with van der Waals surface area (Å²) < 4.78 is 0. The first-order valence-corrected chi connectivity index (χ1v) is 6.28. The lowest BCUT2D eigenvalue weighted by Crippen LogP contribution is -2.39. The van der Waals surface area contributed by atoms with E-state index < -0.39 is 6.10 Å². The highest BCUT2D eigenvalue weighted by molar-refractivity contribution is 7.99. The summed E-state index contributed by atoms with van der Waals surface area (Å²) in [5.74, 6) is 2.47. The minimum absolute atomic E-state index is 0.159. The van der Waals surface area contributed by atoms with Crippen LogP contribution in [0.25, 0.3) is 0 Å². The van der Waals surface area contributed by atoms with Crippen molar-refractivity contribution < 1.29 is 10.2 Å². The normalized spacial score (nSPS) is 21.0. The van der Waals surface area contributed by atoms with E-state index in [9.17, 15) is 0 Å². The first kappa shape index (κ1) is 12.3. The summed E-state index contributed by atoms with van der Waals surface area (Å²) in [7, 11) is 0. The standard InChI is InChI=1S/C9H20N2O2S/c12-8-9(13)7-10-1-2-11-3-5-14-6-4-11/h9-10,12-13H,1-8H2/t9-/m0/s1. The van der Waals surface area contributed by atoms with Gasteiger partial charge in [-0.15, -0.1) is 0 Å². The Labute approximate surface area is 89.7 Å². The molecule has 0 aliphatic carbocycles. The number of thioether (sulfide) groups is 1. The number of hydrogen-bond acceptors (Lipinski definition) is 5. The van der Waals surface area contributed by atoms with Crippen molar-refractivity contribution in [3.63, 3.8) is 0 Å². The van der Waals surface area contributed by atoms with E-state index in [4.69, 9.17) is 10.2 Å². The van der Waals surface area contributed by atoms with Gasteiger partial charge in [0.05, 0.1) is 12.7 Å². The smallest absolute Gasteiger partial charge is 0.0894 e. The van der Waals surface area contributed by atoms with E-state index in [0.29, 0.717) is 6.54 Å². The van der Waals surface area contributed by atoms with Crippen LogP contribution in [-0.2, 0) is 0 Å². The first-order chi connectivity index (χ1) is 6.83. The monoisotopic (exact) mass is 220 g/mol. The lowest BCUT2D eigenvalue weighted by atomic mass is 10.3. The second-order valence-electron chi connectivity index (χ2n) is 3.49. The summed E-state index contributed by atoms with van der Waals surface area (Å²) in [6, 6.07) is 0. The molecule has 0 spiro atoms. The lowest BCUT2D eigenvalue weighted by Gasteiger charge is -2.26. The van der Waals surface area contributed by atoms with Gasteiger partial charge in [0, 0.05) is 44.2 Å². The minimum atomic E-state index is -0.619. The Morgan fingerprint density at radius 1 is 1.36 bits per heavy atom. The third-order valence-electron chi connectivity index (χ3n) is 2.30. The van der Waals surface area contributed by atoms with Gasteiger partial charge in [-0.3, -0.25) is 0 Å². The molecule has 0 unspecified atom stereocenters. The fourth-order valence-corrected chi connectivity index (χ4v) is 2.37. The summed E-state index contributed by atoms with van der Waals surface area (Å²) in [5, 5.41) is 20.8. The Bertz CT molecular complexity index is 143. The zero-order chi connectivity index (χ0) is 10.2. The van der Waals surface area contributed by atoms with Crippen LogP contribution < -0.4 is 5.32 Å². The van der Waals surface area contributed by atoms with Crippen LogP contribution in [0, 0.1) is 0 Å². The number of aliphatic hydroxyl groups excluding tert-OH is 2. The van der Waals surface area contributed by atoms with Crippen molar-refractivity contribution in [1.82, 2.24) is 10.2 Å². The van der Waals surface area contributed by atoms with Crippen LogP contribution >= 0.6 is 11.8 Å². The summed E-state index contributed by atoms with van der Waals surface area (Å²) >= 11 is 2.01. The van der Waals surface area contributed by atoms with Crippen molar-refractivity contribution >= 4 is 11.8 Å². The highest BCUT2D eigenvalue weighted by atomic mass is 32.2. The topological polar surface area (TPSA) is 55.7 Å². The molecule has 14 heavy (non-hydrogen) atoms. The van der Waals surface area contributed by atoms with Crippen molar-refractivity contribution in [3.8, 4) is 0 Å². The molecule has 1 rings (SSSR count). The van der Waals surface area contributed by atoms with E-state index in [-0.39, 0.29) is 6.61 Å². The second kappa shape index (κ2) is 7.48. The molecule has 1 fully saturated rings. The maximum atomic E-state index is 9.07. The largest absolute Gasteiger partial charge is 0.394 e. The van der Waals surface area contributed by atoms with Gasteiger partial charge in [0.1, 0.15) is 0 Å². The summed E-state index contributed by atoms with van der Waals surface area (Å²) in [6.45, 7) is 4.61. The van der Waals surface area contributed by atoms with Gasteiger partial charge in [-0.25, -0.2) is 0 Å². The van der Waals surface area contributed by atoms with E-state index in [0.717, 1.165) is 13.1 Å². The molecule has 1 atom stereocenters. The number of nitrogens with one attached hydrogen (secondary N) is 1. The molecule has 0 saturated carbocycles. The van der Waals surface area contributed by atoms with Gasteiger partial charge in [-0.1, -0.05) is 0 Å². The number of aliphatic hydroxyl groups is 2. The van der Waals surface area contributed by atoms with Crippen LogP contribution in [0.15, 0.2) is 0 Å². The highest BCUT2D eigenvalue weighted by Gasteiger charge is 2.09. The highest BCUT2D eigenvalue weighted by Crippen LogP contribution is 2.07. The molecule has 1 saturated heterocycles. The van der Waals surface area contributed by atoms with Gasteiger partial charge >= 0.3 is 0 Å². The first-order valence-electron chi connectivity index (χ1n) is 5.12. The van der Waals surface area contributed by atoms with Crippen molar-refractivity contribution in [2.75, 3.05) is 50.8 Å². The number of nitrogens with zero attached hydrogens (tertiary/aromatic N) is 1. The zero-order valence-corrected chi connectivity index (χ0v) is 9.30. The molecule has 1 heterocycles. The SMILES string of the molecule is OC[C@@H](O)CNCCN1CCSCC1. The Kier molecular flexibility index (Phi) is 6.55. The van der Waals surface area contributed by atoms with E-state index >= 15 is 0 Å². The Balaban J connectivity index is 1.92. The van der Waals surface area contributed by atoms with E-state index in [1.165, 1.54) is 24.6 Å². The van der Waals surface area contributed by atoms with E-state index in [2.05, 4.69) is 10.2 Å². The van der Waals surface area contributed by atoms with Crippen LogP contribution in [0.1, 0.15) is 0 Å². The molecule has 0 aromatic heterocycles. The molecule has 0 amide bonds. The van der Waals surface area contributed by atoms with Gasteiger partial charge in [0.15, 0.2) is 0 Å². The Morgan fingerprint density at radius 3 is 2.71 bits per heavy atom. The van der Waals surface area contributed by atoms with Crippen LogP contribution in [0.4, 0.5) is 0 Å². The van der Waals surface area contributed by atoms with Crippen molar-refractivity contribution in [3.05, 3.63) is 0 Å². The van der Waals surface area contributed by atoms with Crippen LogP contribution in [0.5, 0.6) is 0 Å². The minimum Gasteiger partial charge on any atom is -0.394 e. The Morgan fingerprint density at radius 2 is 2.07 bits per heavy atom. The molecular weight excluding hydrogens is 200 g/mol. The molecular formula is C9H20N2O2S. The van der Waals surface area contributed by atoms with E-state index in [1.807, 2.05) is 11.8 Å². The summed E-state index contributed by atoms with van der Waals surface area (Å²) in [5.41, 5.74) is 0. The third kappa shape index (κ3) is 5.17. The maximum Gasteiger partial charge on any atom is 0.0894 e. The molecule has 84 valence electrons. The fraction of sp³-hybridized carbons (Fsp3) is 1.00. The molecule has 5 heteroatoms. The Hall–Kier alpha value is 0.190. The van der Waals surface area contributed by atoms with Gasteiger partial charge in [0.25, 0.3) is 0 Å². The second-order valence-corrected chi connectivity index (χ2v) is 4.72. The van der Waals surface area contributed by atoms with Gasteiger partial charge < -0.3 is 20.4 Å². The van der Waals surface area contributed by atoms with Crippen molar-refractivity contribution in [2.24, 2.45) is 0 Å². The van der Waals surface area contributed by atoms with E-state index in [1.54, 1.807) is 0 Å². The average molecular weight is 220 g/mol. The van der Waals surface area contributed by atoms with Gasteiger partial charge in [0.2, 0.25) is 0 Å². The summed E-state index contributed by atoms with van der Waals surface area (Å²) in [4.78, 5) is 2.43. The van der Waals surface area contributed by atoms with Gasteiger partial charge in [-0.05, 0) is 0 Å². The predicted molar refractivity (Wildman–Crippen MR) is 59.7 cm³/mol. The molecule has 1 aliphatic heterocycles. The quantitative estimate of drug-likeness (QED) is 0.500. The molecule has 0 bridgehead atoms.